The van der Waals surface area contributed by atoms with E-state index in [4.69, 9.17) is 9.47 Å². The topological polar surface area (TPSA) is 59.6 Å². The molecule has 128 valence electrons. The van der Waals surface area contributed by atoms with Crippen LogP contribution in [0.25, 0.3) is 0 Å². The van der Waals surface area contributed by atoms with Crippen LogP contribution in [0.4, 0.5) is 0 Å². The van der Waals surface area contributed by atoms with Crippen LogP contribution < -0.4 is 20.1 Å². The molecule has 0 spiro atoms. The Morgan fingerprint density at radius 1 is 1.04 bits per heavy atom. The standard InChI is InChI=1S/C17H24N2O3.ClH/c20-17(13-7-8-15-16(11-13)22-12-21-15)19-10-9-18-14-5-3-1-2-4-6-14;/h7-8,11,14,18H,1-6,9-10,12H2,(H,19,20);1H. The van der Waals surface area contributed by atoms with Gasteiger partial charge in [0.05, 0.1) is 0 Å². The molecule has 23 heavy (non-hydrogen) atoms. The molecule has 2 N–H and O–H groups in total. The summed E-state index contributed by atoms with van der Waals surface area (Å²) in [6.07, 6.45) is 7.88. The molecule has 0 unspecified atom stereocenters. The van der Waals surface area contributed by atoms with E-state index in [1.54, 1.807) is 18.2 Å². The summed E-state index contributed by atoms with van der Waals surface area (Å²) < 4.78 is 10.5. The molecule has 2 aliphatic rings. The zero-order valence-corrected chi connectivity index (χ0v) is 14.1. The van der Waals surface area contributed by atoms with Crippen molar-refractivity contribution in [1.82, 2.24) is 10.6 Å². The van der Waals surface area contributed by atoms with E-state index < -0.39 is 0 Å². The van der Waals surface area contributed by atoms with Crippen LogP contribution >= 0.6 is 12.4 Å². The summed E-state index contributed by atoms with van der Waals surface area (Å²) in [6.45, 7) is 1.69. The maximum Gasteiger partial charge on any atom is 0.251 e. The van der Waals surface area contributed by atoms with E-state index in [1.807, 2.05) is 0 Å². The Morgan fingerprint density at radius 2 is 1.78 bits per heavy atom. The van der Waals surface area contributed by atoms with E-state index in [1.165, 1.54) is 38.5 Å². The molecular formula is C17H25ClN2O3. The molecule has 1 aliphatic carbocycles. The molecule has 6 heteroatoms. The number of rotatable bonds is 5. The molecule has 5 nitrogen and oxygen atoms in total. The van der Waals surface area contributed by atoms with E-state index in [0.717, 1.165) is 6.54 Å². The van der Waals surface area contributed by atoms with Gasteiger partial charge in [0.2, 0.25) is 6.79 Å². The second kappa shape index (κ2) is 8.99. The van der Waals surface area contributed by atoms with Crippen LogP contribution in [0.5, 0.6) is 11.5 Å². The number of amides is 1. The molecule has 0 radical (unpaired) electrons. The van der Waals surface area contributed by atoms with Crippen molar-refractivity contribution in [3.8, 4) is 11.5 Å². The van der Waals surface area contributed by atoms with Gasteiger partial charge in [0, 0.05) is 24.7 Å². The quantitative estimate of drug-likeness (QED) is 0.639. The second-order valence-corrected chi connectivity index (χ2v) is 5.97. The lowest BCUT2D eigenvalue weighted by molar-refractivity contribution is 0.0953. The van der Waals surface area contributed by atoms with Gasteiger partial charge in [0.1, 0.15) is 0 Å². The minimum Gasteiger partial charge on any atom is -0.454 e. The molecule has 1 aromatic carbocycles. The first-order valence-corrected chi connectivity index (χ1v) is 8.24. The average Bonchev–Trinajstić information content (AvgIpc) is 2.85. The minimum absolute atomic E-state index is 0. The molecule has 1 aliphatic heterocycles. The number of halogens is 1. The van der Waals surface area contributed by atoms with Gasteiger partial charge in [-0.05, 0) is 31.0 Å². The zero-order chi connectivity index (χ0) is 15.2. The van der Waals surface area contributed by atoms with Gasteiger partial charge < -0.3 is 20.1 Å². The average molecular weight is 341 g/mol. The minimum atomic E-state index is -0.0685. The molecule has 0 saturated heterocycles. The monoisotopic (exact) mass is 340 g/mol. The van der Waals surface area contributed by atoms with E-state index in [9.17, 15) is 4.79 Å². The first kappa shape index (κ1) is 17.9. The van der Waals surface area contributed by atoms with Crippen molar-refractivity contribution in [3.63, 3.8) is 0 Å². The van der Waals surface area contributed by atoms with Crippen LogP contribution in [-0.2, 0) is 0 Å². The van der Waals surface area contributed by atoms with Crippen molar-refractivity contribution in [1.29, 1.82) is 0 Å². The molecular weight excluding hydrogens is 316 g/mol. The van der Waals surface area contributed by atoms with Crippen molar-refractivity contribution in [2.24, 2.45) is 0 Å². The molecule has 1 saturated carbocycles. The highest BCUT2D eigenvalue weighted by molar-refractivity contribution is 5.94. The summed E-state index contributed by atoms with van der Waals surface area (Å²) >= 11 is 0. The molecule has 1 heterocycles. The summed E-state index contributed by atoms with van der Waals surface area (Å²) in [6, 6.07) is 5.89. The van der Waals surface area contributed by atoms with E-state index in [2.05, 4.69) is 10.6 Å². The van der Waals surface area contributed by atoms with Crippen LogP contribution in [0, 0.1) is 0 Å². The smallest absolute Gasteiger partial charge is 0.251 e. The maximum absolute atomic E-state index is 12.1. The normalized spacial score (nSPS) is 17.2. The lowest BCUT2D eigenvalue weighted by Crippen LogP contribution is -2.36. The van der Waals surface area contributed by atoms with Crippen molar-refractivity contribution >= 4 is 18.3 Å². The summed E-state index contributed by atoms with van der Waals surface area (Å²) in [5.74, 6) is 1.27. The molecule has 1 amide bonds. The summed E-state index contributed by atoms with van der Waals surface area (Å²) in [7, 11) is 0. The fourth-order valence-electron chi connectivity index (χ4n) is 3.08. The zero-order valence-electron chi connectivity index (χ0n) is 13.3. The van der Waals surface area contributed by atoms with Crippen molar-refractivity contribution in [2.45, 2.75) is 44.6 Å². The fraction of sp³-hybridized carbons (Fsp3) is 0.588. The van der Waals surface area contributed by atoms with Gasteiger partial charge >= 0.3 is 0 Å². The third-order valence-electron chi connectivity index (χ3n) is 4.33. The number of benzene rings is 1. The highest BCUT2D eigenvalue weighted by Crippen LogP contribution is 2.32. The molecule has 1 aromatic rings. The van der Waals surface area contributed by atoms with Gasteiger partial charge in [-0.3, -0.25) is 4.79 Å². The number of nitrogens with one attached hydrogen (secondary N) is 2. The summed E-state index contributed by atoms with van der Waals surface area (Å²) in [5, 5.41) is 6.50. The number of carbonyl (C=O) groups excluding carboxylic acids is 1. The lowest BCUT2D eigenvalue weighted by Gasteiger charge is -2.16. The third-order valence-corrected chi connectivity index (χ3v) is 4.33. The second-order valence-electron chi connectivity index (χ2n) is 5.97. The fourth-order valence-corrected chi connectivity index (χ4v) is 3.08. The number of fused-ring (bicyclic) bond motifs is 1. The van der Waals surface area contributed by atoms with Crippen LogP contribution in [0.2, 0.25) is 0 Å². The Hall–Kier alpha value is -1.46. The van der Waals surface area contributed by atoms with Crippen molar-refractivity contribution < 1.29 is 14.3 Å². The number of ether oxygens (including phenoxy) is 2. The Morgan fingerprint density at radius 3 is 2.57 bits per heavy atom. The van der Waals surface area contributed by atoms with Crippen LogP contribution in [-0.4, -0.2) is 31.8 Å². The van der Waals surface area contributed by atoms with Gasteiger partial charge in [0.15, 0.2) is 11.5 Å². The van der Waals surface area contributed by atoms with Crippen LogP contribution in [0.3, 0.4) is 0 Å². The number of hydrogen-bond acceptors (Lipinski definition) is 4. The Labute approximate surface area is 143 Å². The van der Waals surface area contributed by atoms with Gasteiger partial charge in [0.25, 0.3) is 5.91 Å². The van der Waals surface area contributed by atoms with E-state index >= 15 is 0 Å². The molecule has 0 atom stereocenters. The number of hydrogen-bond donors (Lipinski definition) is 2. The Balaban J connectivity index is 0.00000192. The van der Waals surface area contributed by atoms with Gasteiger partial charge in [-0.1, -0.05) is 25.7 Å². The predicted molar refractivity (Wildman–Crippen MR) is 91.6 cm³/mol. The lowest BCUT2D eigenvalue weighted by atomic mass is 10.1. The highest BCUT2D eigenvalue weighted by Gasteiger charge is 2.16. The Bertz CT molecular complexity index is 517. The van der Waals surface area contributed by atoms with E-state index in [-0.39, 0.29) is 25.1 Å². The largest absolute Gasteiger partial charge is 0.454 e. The number of carbonyl (C=O) groups is 1. The van der Waals surface area contributed by atoms with Crippen LogP contribution in [0.15, 0.2) is 18.2 Å². The predicted octanol–water partition coefficient (Wildman–Crippen LogP) is 2.88. The SMILES string of the molecule is Cl.O=C(NCCNC1CCCCCC1)c1ccc2c(c1)OCO2. The third kappa shape index (κ3) is 5.01. The van der Waals surface area contributed by atoms with Crippen molar-refractivity contribution in [3.05, 3.63) is 23.8 Å². The summed E-state index contributed by atoms with van der Waals surface area (Å²) in [5.41, 5.74) is 0.610. The maximum atomic E-state index is 12.1. The summed E-state index contributed by atoms with van der Waals surface area (Å²) in [4.78, 5) is 12.1. The van der Waals surface area contributed by atoms with Crippen LogP contribution in [0.1, 0.15) is 48.9 Å². The van der Waals surface area contributed by atoms with E-state index in [0.29, 0.717) is 29.6 Å². The molecule has 0 aromatic heterocycles. The van der Waals surface area contributed by atoms with Gasteiger partial charge in [-0.15, -0.1) is 12.4 Å². The molecule has 0 bridgehead atoms. The van der Waals surface area contributed by atoms with Gasteiger partial charge in [-0.2, -0.15) is 0 Å². The van der Waals surface area contributed by atoms with Gasteiger partial charge in [-0.25, -0.2) is 0 Å². The molecule has 3 rings (SSSR count). The Kier molecular flexibility index (Phi) is 6.99. The van der Waals surface area contributed by atoms with Crippen molar-refractivity contribution in [2.75, 3.05) is 19.9 Å². The molecule has 1 fully saturated rings. The first-order chi connectivity index (χ1) is 10.8. The first-order valence-electron chi connectivity index (χ1n) is 8.24. The highest BCUT2D eigenvalue weighted by atomic mass is 35.5.